The molecule has 2 aromatic rings. The lowest BCUT2D eigenvalue weighted by atomic mass is 10.1. The summed E-state index contributed by atoms with van der Waals surface area (Å²) >= 11 is 5.39. The van der Waals surface area contributed by atoms with E-state index in [-0.39, 0.29) is 5.69 Å². The Morgan fingerprint density at radius 2 is 2.05 bits per heavy atom. The molecule has 1 aromatic carbocycles. The van der Waals surface area contributed by atoms with Crippen molar-refractivity contribution >= 4 is 50.8 Å². The highest BCUT2D eigenvalue weighted by Gasteiger charge is 2.17. The molecule has 1 aromatic heterocycles. The maximum absolute atomic E-state index is 11.3. The van der Waals surface area contributed by atoms with Crippen molar-refractivity contribution in [3.8, 4) is 0 Å². The van der Waals surface area contributed by atoms with E-state index < -0.39 is 5.97 Å². The minimum absolute atomic E-state index is 0.126. The summed E-state index contributed by atoms with van der Waals surface area (Å²) in [6.45, 7) is 0.425. The molecule has 1 heterocycles. The molecule has 0 bridgehead atoms. The number of carboxylic acids is 1. The Kier molecular flexibility index (Phi) is 4.98. The number of rotatable bonds is 5. The van der Waals surface area contributed by atoms with E-state index >= 15 is 0 Å². The maximum Gasteiger partial charge on any atom is 0.352 e. The van der Waals surface area contributed by atoms with Crippen LogP contribution in [0.15, 0.2) is 30.3 Å². The number of carbonyl (C=O) groups is 2. The van der Waals surface area contributed by atoms with Crippen molar-refractivity contribution in [2.45, 2.75) is 11.9 Å². The van der Waals surface area contributed by atoms with Crippen LogP contribution < -0.4 is 0 Å². The van der Waals surface area contributed by atoms with E-state index in [9.17, 15) is 14.7 Å². The first-order chi connectivity index (χ1) is 9.56. The van der Waals surface area contributed by atoms with Crippen LogP contribution in [0, 0.1) is 3.70 Å². The Morgan fingerprint density at radius 3 is 2.65 bits per heavy atom. The van der Waals surface area contributed by atoms with Crippen molar-refractivity contribution in [1.82, 2.24) is 4.57 Å². The van der Waals surface area contributed by atoms with Gasteiger partial charge in [0.15, 0.2) is 6.29 Å². The Morgan fingerprint density at radius 1 is 1.35 bits per heavy atom. The predicted octanol–water partition coefficient (Wildman–Crippen LogP) is 3.55. The Hall–Kier alpha value is -1.15. The Balaban J connectivity index is 2.44. The van der Waals surface area contributed by atoms with Gasteiger partial charge < -0.3 is 9.67 Å². The van der Waals surface area contributed by atoms with E-state index in [4.69, 9.17) is 0 Å². The van der Waals surface area contributed by atoms with Gasteiger partial charge in [0.25, 0.3) is 0 Å². The van der Waals surface area contributed by atoms with E-state index in [1.165, 1.54) is 6.07 Å². The number of benzene rings is 1. The molecule has 0 aliphatic heterocycles. The zero-order valence-electron chi connectivity index (χ0n) is 10.3. The summed E-state index contributed by atoms with van der Waals surface area (Å²) in [5.41, 5.74) is 2.65. The molecule has 0 aliphatic rings. The lowest BCUT2D eigenvalue weighted by Gasteiger charge is -2.09. The van der Waals surface area contributed by atoms with Gasteiger partial charge in [-0.15, -0.1) is 0 Å². The summed E-state index contributed by atoms with van der Waals surface area (Å²) in [6.07, 6.45) is 0.680. The van der Waals surface area contributed by atoms with Crippen LogP contribution in [-0.2, 0) is 11.9 Å². The molecule has 6 heteroatoms. The summed E-state index contributed by atoms with van der Waals surface area (Å²) < 4.78 is 2.28. The molecule has 0 radical (unpaired) electrons. The van der Waals surface area contributed by atoms with Gasteiger partial charge in [-0.25, -0.2) is 4.79 Å². The molecule has 0 aliphatic carbocycles. The molecular formula is C14H11BrINO3. The molecule has 4 nitrogen and oxygen atoms in total. The number of hydrogen-bond donors (Lipinski definition) is 1. The number of aldehydes is 1. The molecule has 1 N–H and O–H groups in total. The third-order valence-corrected chi connectivity index (χ3v) is 4.74. The zero-order chi connectivity index (χ0) is 14.7. The fourth-order valence-corrected chi connectivity index (χ4v) is 3.02. The largest absolute Gasteiger partial charge is 0.477 e. The van der Waals surface area contributed by atoms with Gasteiger partial charge in [-0.2, -0.15) is 0 Å². The number of carbonyl (C=O) groups excluding carboxylic acids is 1. The summed E-state index contributed by atoms with van der Waals surface area (Å²) in [5.74, 6) is -1.03. The third kappa shape index (κ3) is 3.12. The Bertz CT molecular complexity index is 666. The average molecular weight is 448 g/mol. The van der Waals surface area contributed by atoms with Crippen LogP contribution in [0.4, 0.5) is 0 Å². The number of aromatic carboxylic acids is 1. The van der Waals surface area contributed by atoms with E-state index in [1.807, 2.05) is 46.9 Å². The van der Waals surface area contributed by atoms with Crippen molar-refractivity contribution in [3.63, 3.8) is 0 Å². The normalized spacial score (nSPS) is 10.5. The first kappa shape index (κ1) is 15.2. The number of nitrogens with zero attached hydrogens (tertiary/aromatic N) is 1. The van der Waals surface area contributed by atoms with Gasteiger partial charge in [-0.05, 0) is 39.8 Å². The summed E-state index contributed by atoms with van der Waals surface area (Å²) in [4.78, 5) is 22.2. The lowest BCUT2D eigenvalue weighted by Crippen LogP contribution is -2.11. The first-order valence-corrected chi connectivity index (χ1v) is 7.98. The topological polar surface area (TPSA) is 59.3 Å². The predicted molar refractivity (Wildman–Crippen MR) is 87.7 cm³/mol. The smallest absolute Gasteiger partial charge is 0.352 e. The third-order valence-electron chi connectivity index (χ3n) is 2.89. The molecule has 0 saturated heterocycles. The van der Waals surface area contributed by atoms with Crippen LogP contribution in [0.5, 0.6) is 0 Å². The van der Waals surface area contributed by atoms with Gasteiger partial charge in [-0.1, -0.05) is 40.2 Å². The van der Waals surface area contributed by atoms with Crippen LogP contribution in [0.2, 0.25) is 0 Å². The Labute approximate surface area is 138 Å². The highest BCUT2D eigenvalue weighted by molar-refractivity contribution is 14.1. The molecule has 0 amide bonds. The van der Waals surface area contributed by atoms with Gasteiger partial charge in [0.1, 0.15) is 5.69 Å². The maximum atomic E-state index is 11.3. The first-order valence-electron chi connectivity index (χ1n) is 5.78. The molecule has 0 fully saturated rings. The summed E-state index contributed by atoms with van der Waals surface area (Å²) in [5, 5.41) is 9.98. The second kappa shape index (κ2) is 6.53. The fraction of sp³-hybridized carbons (Fsp3) is 0.143. The van der Waals surface area contributed by atoms with Gasteiger partial charge in [0, 0.05) is 17.4 Å². The lowest BCUT2D eigenvalue weighted by molar-refractivity contribution is 0.0685. The average Bonchev–Trinajstić information content (AvgIpc) is 2.76. The van der Waals surface area contributed by atoms with Crippen molar-refractivity contribution in [2.24, 2.45) is 0 Å². The second-order valence-electron chi connectivity index (χ2n) is 4.24. The molecule has 104 valence electrons. The number of halogens is 2. The van der Waals surface area contributed by atoms with Crippen LogP contribution in [0.3, 0.4) is 0 Å². The number of carboxylic acid groups (broad SMARTS) is 1. The highest BCUT2D eigenvalue weighted by Crippen LogP contribution is 2.20. The monoisotopic (exact) mass is 447 g/mol. The van der Waals surface area contributed by atoms with Crippen molar-refractivity contribution in [3.05, 3.63) is 56.4 Å². The SMILES string of the molecule is O=Cc1cc(C(=O)O)n(Cc2cccc(CBr)c2)c1I. The molecule has 0 atom stereocenters. The fourth-order valence-electron chi connectivity index (χ4n) is 1.95. The summed E-state index contributed by atoms with van der Waals surface area (Å²) in [6, 6.07) is 9.29. The highest BCUT2D eigenvalue weighted by atomic mass is 127. The minimum atomic E-state index is -1.03. The van der Waals surface area contributed by atoms with Gasteiger partial charge >= 0.3 is 5.97 Å². The van der Waals surface area contributed by atoms with Crippen LogP contribution in [0.25, 0.3) is 0 Å². The molecule has 0 spiro atoms. The summed E-state index contributed by atoms with van der Waals surface area (Å²) in [7, 11) is 0. The minimum Gasteiger partial charge on any atom is -0.477 e. The van der Waals surface area contributed by atoms with Crippen molar-refractivity contribution < 1.29 is 14.7 Å². The standard InChI is InChI=1S/C14H11BrINO3/c15-6-9-2-1-3-10(4-9)7-17-12(14(19)20)5-11(8-18)13(17)16/h1-5,8H,6-7H2,(H,19,20). The van der Waals surface area contributed by atoms with E-state index in [0.717, 1.165) is 16.5 Å². The van der Waals surface area contributed by atoms with Gasteiger partial charge in [0.2, 0.25) is 0 Å². The zero-order valence-corrected chi connectivity index (χ0v) is 14.1. The molecular weight excluding hydrogens is 437 g/mol. The molecule has 0 unspecified atom stereocenters. The molecule has 0 saturated carbocycles. The van der Waals surface area contributed by atoms with Gasteiger partial charge in [-0.3, -0.25) is 4.79 Å². The van der Waals surface area contributed by atoms with Crippen molar-refractivity contribution in [2.75, 3.05) is 0 Å². The van der Waals surface area contributed by atoms with Gasteiger partial charge in [0.05, 0.1) is 3.70 Å². The van der Waals surface area contributed by atoms with Crippen LogP contribution >= 0.6 is 38.5 Å². The second-order valence-corrected chi connectivity index (χ2v) is 5.82. The molecule has 2 rings (SSSR count). The number of hydrogen-bond acceptors (Lipinski definition) is 2. The van der Waals surface area contributed by atoms with E-state index in [0.29, 0.717) is 22.1 Å². The van der Waals surface area contributed by atoms with E-state index in [2.05, 4.69) is 15.9 Å². The van der Waals surface area contributed by atoms with Crippen LogP contribution in [0.1, 0.15) is 32.0 Å². The number of alkyl halides is 1. The van der Waals surface area contributed by atoms with Crippen molar-refractivity contribution in [1.29, 1.82) is 0 Å². The van der Waals surface area contributed by atoms with E-state index in [1.54, 1.807) is 4.57 Å². The van der Waals surface area contributed by atoms with Crippen LogP contribution in [-0.4, -0.2) is 21.9 Å². The molecule has 20 heavy (non-hydrogen) atoms. The quantitative estimate of drug-likeness (QED) is 0.433. The number of aromatic nitrogens is 1.